The third-order valence-electron chi connectivity index (χ3n) is 5.74. The average molecular weight is 526 g/mol. The molecule has 0 aromatic carbocycles. The summed E-state index contributed by atoms with van der Waals surface area (Å²) in [5.74, 6) is 1.00. The van der Waals surface area contributed by atoms with Crippen LogP contribution in [0.1, 0.15) is 18.4 Å². The van der Waals surface area contributed by atoms with Gasteiger partial charge in [0.2, 0.25) is 5.91 Å². The van der Waals surface area contributed by atoms with Crippen LogP contribution < -0.4 is 5.73 Å². The number of pyridine rings is 2. The van der Waals surface area contributed by atoms with E-state index in [-0.39, 0.29) is 5.92 Å². The first-order valence-electron chi connectivity index (χ1n) is 10.4. The molecule has 2 N–H and O–H groups in total. The Kier molecular flexibility index (Phi) is 7.71. The van der Waals surface area contributed by atoms with E-state index in [1.165, 1.54) is 5.56 Å². The van der Waals surface area contributed by atoms with Gasteiger partial charge in [-0.15, -0.1) is 0 Å². The molecule has 0 unspecified atom stereocenters. The minimum Gasteiger partial charge on any atom is -0.384 e. The molecule has 4 rings (SSSR count). The molecule has 2 saturated heterocycles. The van der Waals surface area contributed by atoms with Crippen LogP contribution in [0.4, 0.5) is 5.82 Å². The summed E-state index contributed by atoms with van der Waals surface area (Å²) in [5.41, 5.74) is 6.95. The summed E-state index contributed by atoms with van der Waals surface area (Å²) >= 11 is 11.1. The third kappa shape index (κ3) is 6.10. The van der Waals surface area contributed by atoms with Crippen LogP contribution in [0.3, 0.4) is 0 Å². The molecule has 10 heteroatoms. The highest BCUT2D eigenvalue weighted by atomic mass is 79.9. The molecular weight excluding hydrogens is 500 g/mol. The SMILES string of the molecule is Nc1cc(CN2CCC(C(=O)N3CCN(Sc4cnc(Cl)c(Br)c4)CC3)CC2)ccn1. The number of likely N-dealkylation sites (tertiary alicyclic amines) is 1. The lowest BCUT2D eigenvalue weighted by molar-refractivity contribution is -0.138. The first-order valence-corrected chi connectivity index (χ1v) is 12.4. The number of piperazine rings is 1. The van der Waals surface area contributed by atoms with Crippen LogP contribution in [-0.2, 0) is 11.3 Å². The number of anilines is 1. The Morgan fingerprint density at radius 2 is 1.90 bits per heavy atom. The second-order valence-corrected chi connectivity index (χ2v) is 10.3. The van der Waals surface area contributed by atoms with E-state index in [2.05, 4.69) is 35.1 Å². The summed E-state index contributed by atoms with van der Waals surface area (Å²) in [7, 11) is 0. The molecule has 2 aromatic rings. The normalized spacial score (nSPS) is 19.0. The van der Waals surface area contributed by atoms with Gasteiger partial charge in [0.05, 0.1) is 4.47 Å². The number of rotatable bonds is 5. The zero-order valence-electron chi connectivity index (χ0n) is 17.2. The number of nitrogens with zero attached hydrogens (tertiary/aromatic N) is 5. The van der Waals surface area contributed by atoms with E-state index in [0.717, 1.165) is 68.0 Å². The number of aromatic nitrogens is 2. The Morgan fingerprint density at radius 3 is 2.58 bits per heavy atom. The molecule has 0 radical (unpaired) electrons. The molecule has 31 heavy (non-hydrogen) atoms. The van der Waals surface area contributed by atoms with E-state index in [4.69, 9.17) is 17.3 Å². The average Bonchev–Trinajstić information content (AvgIpc) is 2.77. The lowest BCUT2D eigenvalue weighted by atomic mass is 9.94. The smallest absolute Gasteiger partial charge is 0.225 e. The van der Waals surface area contributed by atoms with Crippen molar-refractivity contribution < 1.29 is 4.79 Å². The number of carbonyl (C=O) groups excluding carboxylic acids is 1. The molecule has 7 nitrogen and oxygen atoms in total. The summed E-state index contributed by atoms with van der Waals surface area (Å²) in [6.45, 7) is 5.96. The largest absolute Gasteiger partial charge is 0.384 e. The van der Waals surface area contributed by atoms with E-state index in [9.17, 15) is 4.79 Å². The van der Waals surface area contributed by atoms with Crippen LogP contribution in [0.5, 0.6) is 0 Å². The number of carbonyl (C=O) groups is 1. The van der Waals surface area contributed by atoms with E-state index in [0.29, 0.717) is 16.9 Å². The van der Waals surface area contributed by atoms with Gasteiger partial charge < -0.3 is 10.6 Å². The van der Waals surface area contributed by atoms with E-state index >= 15 is 0 Å². The van der Waals surface area contributed by atoms with Crippen molar-refractivity contribution in [3.63, 3.8) is 0 Å². The number of piperidine rings is 1. The highest BCUT2D eigenvalue weighted by Gasteiger charge is 2.30. The van der Waals surface area contributed by atoms with Crippen molar-refractivity contribution in [2.45, 2.75) is 24.3 Å². The van der Waals surface area contributed by atoms with Gasteiger partial charge in [-0.3, -0.25) is 9.69 Å². The molecule has 0 saturated carbocycles. The molecule has 0 atom stereocenters. The Hall–Kier alpha value is -1.39. The standard InChI is InChI=1S/C21H26BrClN6OS/c22-18-12-17(13-26-20(18)23)31-29-9-7-28(8-10-29)21(30)16-2-5-27(6-3-16)14-15-1-4-25-19(24)11-15/h1,4,11-13,16H,2-3,5-10,14H2,(H2,24,25). The number of hydrogen-bond acceptors (Lipinski definition) is 7. The molecular formula is C21H26BrClN6OS. The number of amides is 1. The molecule has 0 bridgehead atoms. The summed E-state index contributed by atoms with van der Waals surface area (Å²) < 4.78 is 3.08. The zero-order chi connectivity index (χ0) is 21.8. The summed E-state index contributed by atoms with van der Waals surface area (Å²) in [6.07, 6.45) is 5.36. The van der Waals surface area contributed by atoms with E-state index in [1.807, 2.05) is 23.1 Å². The van der Waals surface area contributed by atoms with Crippen molar-refractivity contribution in [2.24, 2.45) is 5.92 Å². The molecule has 166 valence electrons. The Morgan fingerprint density at radius 1 is 1.16 bits per heavy atom. The molecule has 2 aliphatic heterocycles. The van der Waals surface area contributed by atoms with E-state index in [1.54, 1.807) is 24.3 Å². The maximum atomic E-state index is 13.0. The second-order valence-electron chi connectivity index (χ2n) is 7.93. The van der Waals surface area contributed by atoms with Gasteiger partial charge in [-0.1, -0.05) is 11.6 Å². The number of halogens is 2. The number of nitrogens with two attached hydrogens (primary N) is 1. The summed E-state index contributed by atoms with van der Waals surface area (Å²) in [6, 6.07) is 5.91. The maximum Gasteiger partial charge on any atom is 0.225 e. The van der Waals surface area contributed by atoms with Crippen LogP contribution in [-0.4, -0.2) is 69.2 Å². The fraction of sp³-hybridized carbons (Fsp3) is 0.476. The predicted molar refractivity (Wildman–Crippen MR) is 128 cm³/mol. The van der Waals surface area contributed by atoms with Gasteiger partial charge >= 0.3 is 0 Å². The maximum absolute atomic E-state index is 13.0. The van der Waals surface area contributed by atoms with Gasteiger partial charge in [0, 0.05) is 55.9 Å². The molecule has 0 aliphatic carbocycles. The minimum atomic E-state index is 0.134. The molecule has 0 spiro atoms. The topological polar surface area (TPSA) is 78.6 Å². The Bertz CT molecular complexity index is 918. The molecule has 2 fully saturated rings. The lowest BCUT2D eigenvalue weighted by Crippen LogP contribution is -2.49. The van der Waals surface area contributed by atoms with Gasteiger partial charge in [0.1, 0.15) is 11.0 Å². The molecule has 4 heterocycles. The van der Waals surface area contributed by atoms with Crippen molar-refractivity contribution in [1.82, 2.24) is 24.1 Å². The van der Waals surface area contributed by atoms with Crippen molar-refractivity contribution in [3.05, 3.63) is 45.8 Å². The Balaban J connectivity index is 1.21. The highest BCUT2D eigenvalue weighted by molar-refractivity contribution is 9.10. The van der Waals surface area contributed by atoms with Gasteiger partial charge in [0.25, 0.3) is 0 Å². The van der Waals surface area contributed by atoms with Crippen LogP contribution in [0.25, 0.3) is 0 Å². The first-order chi connectivity index (χ1) is 15.0. The van der Waals surface area contributed by atoms with Crippen LogP contribution >= 0.6 is 39.5 Å². The minimum absolute atomic E-state index is 0.134. The van der Waals surface area contributed by atoms with Crippen molar-refractivity contribution >= 4 is 51.2 Å². The Labute approximate surface area is 200 Å². The zero-order valence-corrected chi connectivity index (χ0v) is 20.4. The molecule has 2 aliphatic rings. The summed E-state index contributed by atoms with van der Waals surface area (Å²) in [4.78, 5) is 26.7. The number of nitrogen functional groups attached to an aromatic ring is 1. The quantitative estimate of drug-likeness (QED) is 0.472. The van der Waals surface area contributed by atoms with Gasteiger partial charge in [-0.05, 0) is 77.6 Å². The first kappa shape index (κ1) is 22.8. The fourth-order valence-electron chi connectivity index (χ4n) is 4.05. The summed E-state index contributed by atoms with van der Waals surface area (Å²) in [5, 5.41) is 0.468. The van der Waals surface area contributed by atoms with Gasteiger partial charge in [-0.2, -0.15) is 0 Å². The fourth-order valence-corrected chi connectivity index (χ4v) is 5.57. The number of hydrogen-bond donors (Lipinski definition) is 1. The van der Waals surface area contributed by atoms with Crippen LogP contribution in [0, 0.1) is 5.92 Å². The van der Waals surface area contributed by atoms with Crippen LogP contribution in [0.15, 0.2) is 40.0 Å². The predicted octanol–water partition coefficient (Wildman–Crippen LogP) is 3.54. The van der Waals surface area contributed by atoms with Crippen LogP contribution in [0.2, 0.25) is 5.15 Å². The van der Waals surface area contributed by atoms with E-state index < -0.39 is 0 Å². The van der Waals surface area contributed by atoms with Gasteiger partial charge in [0.15, 0.2) is 0 Å². The third-order valence-corrected chi connectivity index (χ3v) is 7.94. The highest BCUT2D eigenvalue weighted by Crippen LogP contribution is 2.29. The van der Waals surface area contributed by atoms with Crippen molar-refractivity contribution in [2.75, 3.05) is 45.0 Å². The molecule has 2 aromatic heterocycles. The monoisotopic (exact) mass is 524 g/mol. The second kappa shape index (κ2) is 10.5. The molecule has 1 amide bonds. The van der Waals surface area contributed by atoms with Crippen molar-refractivity contribution in [1.29, 1.82) is 0 Å². The lowest BCUT2D eigenvalue weighted by Gasteiger charge is -2.38. The van der Waals surface area contributed by atoms with Gasteiger partial charge in [-0.25, -0.2) is 14.3 Å². The van der Waals surface area contributed by atoms with Crippen molar-refractivity contribution in [3.8, 4) is 0 Å².